The summed E-state index contributed by atoms with van der Waals surface area (Å²) >= 11 is 0. The van der Waals surface area contributed by atoms with E-state index >= 15 is 0 Å². The van der Waals surface area contributed by atoms with Crippen molar-refractivity contribution >= 4 is 17.4 Å². The largest absolute Gasteiger partial charge is 0.354 e. The summed E-state index contributed by atoms with van der Waals surface area (Å²) in [5.74, 6) is 1.11. The van der Waals surface area contributed by atoms with E-state index in [0.717, 1.165) is 49.9 Å². The molecule has 0 saturated carbocycles. The Morgan fingerprint density at radius 3 is 2.62 bits per heavy atom. The van der Waals surface area contributed by atoms with Crippen molar-refractivity contribution in [1.82, 2.24) is 14.9 Å². The number of hydrogen-bond acceptors (Lipinski definition) is 5. The van der Waals surface area contributed by atoms with Crippen LogP contribution in [0, 0.1) is 12.7 Å². The number of hydrogen-bond donors (Lipinski definition) is 1. The minimum absolute atomic E-state index is 0.199. The minimum atomic E-state index is -0.420. The van der Waals surface area contributed by atoms with Crippen molar-refractivity contribution in [3.63, 3.8) is 0 Å². The summed E-state index contributed by atoms with van der Waals surface area (Å²) in [6.07, 6.45) is 0.881. The van der Waals surface area contributed by atoms with E-state index in [9.17, 15) is 9.18 Å². The summed E-state index contributed by atoms with van der Waals surface area (Å²) < 4.78 is 13.6. The van der Waals surface area contributed by atoms with Crippen LogP contribution in [0.2, 0.25) is 0 Å². The van der Waals surface area contributed by atoms with Gasteiger partial charge in [-0.2, -0.15) is 0 Å². The Morgan fingerprint density at radius 2 is 1.92 bits per heavy atom. The maximum absolute atomic E-state index is 13.6. The molecule has 0 spiro atoms. The average Bonchev–Trinajstić information content (AvgIpc) is 2.63. The van der Waals surface area contributed by atoms with E-state index in [1.807, 2.05) is 13.0 Å². The van der Waals surface area contributed by atoms with Crippen LogP contribution in [0.4, 0.5) is 15.9 Å². The molecule has 2 aromatic rings. The minimum Gasteiger partial charge on any atom is -0.354 e. The molecule has 2 heterocycles. The maximum atomic E-state index is 13.6. The highest BCUT2D eigenvalue weighted by Gasteiger charge is 2.21. The van der Waals surface area contributed by atoms with Gasteiger partial charge in [-0.1, -0.05) is 19.1 Å². The van der Waals surface area contributed by atoms with Gasteiger partial charge in [0.05, 0.1) is 12.2 Å². The molecule has 1 aromatic heterocycles. The van der Waals surface area contributed by atoms with Gasteiger partial charge in [0.1, 0.15) is 17.5 Å². The highest BCUT2D eigenvalue weighted by atomic mass is 19.1. The quantitative estimate of drug-likeness (QED) is 0.889. The Labute approximate surface area is 153 Å². The van der Waals surface area contributed by atoms with Gasteiger partial charge in [0.15, 0.2) is 0 Å². The molecule has 6 nitrogen and oxygen atoms in total. The summed E-state index contributed by atoms with van der Waals surface area (Å²) in [6, 6.07) is 8.23. The fourth-order valence-electron chi connectivity index (χ4n) is 3.05. The lowest BCUT2D eigenvalue weighted by molar-refractivity contribution is -0.117. The van der Waals surface area contributed by atoms with Gasteiger partial charge >= 0.3 is 0 Å². The molecule has 1 aliphatic heterocycles. The van der Waals surface area contributed by atoms with Gasteiger partial charge in [-0.05, 0) is 25.5 Å². The molecular formula is C19H24FN5O. The molecule has 1 fully saturated rings. The number of nitrogens with one attached hydrogen (secondary N) is 1. The molecule has 1 aromatic carbocycles. The van der Waals surface area contributed by atoms with Crippen LogP contribution in [-0.2, 0) is 11.2 Å². The predicted octanol–water partition coefficient (Wildman–Crippen LogP) is 2.25. The first-order chi connectivity index (χ1) is 12.5. The molecule has 1 N–H and O–H groups in total. The van der Waals surface area contributed by atoms with E-state index in [-0.39, 0.29) is 18.1 Å². The topological polar surface area (TPSA) is 61.4 Å². The van der Waals surface area contributed by atoms with Gasteiger partial charge in [0.2, 0.25) is 5.91 Å². The summed E-state index contributed by atoms with van der Waals surface area (Å²) in [5, 5.41) is 2.63. The van der Waals surface area contributed by atoms with E-state index in [1.165, 1.54) is 6.07 Å². The Kier molecular flexibility index (Phi) is 5.78. The van der Waals surface area contributed by atoms with Gasteiger partial charge in [-0.25, -0.2) is 14.4 Å². The maximum Gasteiger partial charge on any atom is 0.238 e. The first-order valence-corrected chi connectivity index (χ1v) is 8.91. The standard InChI is InChI=1S/C19H24FN5O/c1-3-15-12-18(22-14(2)21-15)25-10-8-24(9-11-25)13-19(26)23-17-7-5-4-6-16(17)20/h4-7,12H,3,8-11,13H2,1-2H3,(H,23,26). The number of anilines is 2. The Morgan fingerprint density at radius 1 is 1.19 bits per heavy atom. The number of amides is 1. The molecule has 0 unspecified atom stereocenters. The lowest BCUT2D eigenvalue weighted by Gasteiger charge is -2.35. The third kappa shape index (κ3) is 4.54. The number of benzene rings is 1. The average molecular weight is 357 g/mol. The molecule has 7 heteroatoms. The molecule has 0 atom stereocenters. The van der Waals surface area contributed by atoms with Crippen LogP contribution in [0.3, 0.4) is 0 Å². The van der Waals surface area contributed by atoms with Gasteiger partial charge in [-0.3, -0.25) is 9.69 Å². The third-order valence-corrected chi connectivity index (χ3v) is 4.45. The molecule has 1 aliphatic rings. The second-order valence-electron chi connectivity index (χ2n) is 6.41. The van der Waals surface area contributed by atoms with Crippen molar-refractivity contribution in [1.29, 1.82) is 0 Å². The smallest absolute Gasteiger partial charge is 0.238 e. The summed E-state index contributed by atoms with van der Waals surface area (Å²) in [7, 11) is 0. The van der Waals surface area contributed by atoms with Crippen LogP contribution in [0.25, 0.3) is 0 Å². The molecule has 0 aliphatic carbocycles. The molecule has 1 saturated heterocycles. The lowest BCUT2D eigenvalue weighted by Crippen LogP contribution is -2.49. The van der Waals surface area contributed by atoms with E-state index < -0.39 is 5.82 Å². The first kappa shape index (κ1) is 18.3. The molecular weight excluding hydrogens is 333 g/mol. The number of para-hydroxylation sites is 1. The van der Waals surface area contributed by atoms with E-state index in [1.54, 1.807) is 18.2 Å². The third-order valence-electron chi connectivity index (χ3n) is 4.45. The number of nitrogens with zero attached hydrogens (tertiary/aromatic N) is 4. The van der Waals surface area contributed by atoms with Crippen LogP contribution in [0.1, 0.15) is 18.4 Å². The van der Waals surface area contributed by atoms with Crippen molar-refractivity contribution in [2.45, 2.75) is 20.3 Å². The first-order valence-electron chi connectivity index (χ1n) is 8.91. The molecule has 0 radical (unpaired) electrons. The van der Waals surface area contributed by atoms with Crippen molar-refractivity contribution < 1.29 is 9.18 Å². The number of carbonyl (C=O) groups excluding carboxylic acids is 1. The van der Waals surface area contributed by atoms with Crippen molar-refractivity contribution in [2.75, 3.05) is 42.9 Å². The van der Waals surface area contributed by atoms with Gasteiger partial charge < -0.3 is 10.2 Å². The molecule has 0 bridgehead atoms. The fraction of sp³-hybridized carbons (Fsp3) is 0.421. The van der Waals surface area contributed by atoms with Crippen LogP contribution in [-0.4, -0.2) is 53.5 Å². The Hall–Kier alpha value is -2.54. The number of piperazine rings is 1. The van der Waals surface area contributed by atoms with Gasteiger partial charge in [0.25, 0.3) is 0 Å². The van der Waals surface area contributed by atoms with Crippen LogP contribution in [0.5, 0.6) is 0 Å². The zero-order chi connectivity index (χ0) is 18.5. The molecule has 138 valence electrons. The highest BCUT2D eigenvalue weighted by Crippen LogP contribution is 2.16. The molecule has 3 rings (SSSR count). The second-order valence-corrected chi connectivity index (χ2v) is 6.41. The number of aromatic nitrogens is 2. The monoisotopic (exact) mass is 357 g/mol. The fourth-order valence-corrected chi connectivity index (χ4v) is 3.05. The molecule has 1 amide bonds. The van der Waals surface area contributed by atoms with Crippen LogP contribution in [0.15, 0.2) is 30.3 Å². The summed E-state index contributed by atoms with van der Waals surface area (Å²) in [5.41, 5.74) is 1.26. The van der Waals surface area contributed by atoms with Crippen LogP contribution >= 0.6 is 0 Å². The number of carbonyl (C=O) groups is 1. The Bertz CT molecular complexity index is 774. The van der Waals surface area contributed by atoms with Gasteiger partial charge in [-0.15, -0.1) is 0 Å². The zero-order valence-electron chi connectivity index (χ0n) is 15.2. The number of halogens is 1. The number of rotatable bonds is 5. The normalized spacial score (nSPS) is 15.1. The number of aryl methyl sites for hydroxylation is 2. The molecule has 26 heavy (non-hydrogen) atoms. The zero-order valence-corrected chi connectivity index (χ0v) is 15.2. The summed E-state index contributed by atoms with van der Waals surface area (Å²) in [4.78, 5) is 25.4. The van der Waals surface area contributed by atoms with Crippen LogP contribution < -0.4 is 10.2 Å². The van der Waals surface area contributed by atoms with Crippen molar-refractivity contribution in [3.8, 4) is 0 Å². The SMILES string of the molecule is CCc1cc(N2CCN(CC(=O)Nc3ccccc3F)CC2)nc(C)n1. The summed E-state index contributed by atoms with van der Waals surface area (Å²) in [6.45, 7) is 7.36. The van der Waals surface area contributed by atoms with E-state index in [2.05, 4.69) is 32.0 Å². The Balaban J connectivity index is 1.53. The van der Waals surface area contributed by atoms with E-state index in [0.29, 0.717) is 0 Å². The van der Waals surface area contributed by atoms with Gasteiger partial charge in [0, 0.05) is 37.9 Å². The second kappa shape index (κ2) is 8.23. The van der Waals surface area contributed by atoms with Crippen molar-refractivity contribution in [2.24, 2.45) is 0 Å². The van der Waals surface area contributed by atoms with E-state index in [4.69, 9.17) is 0 Å². The lowest BCUT2D eigenvalue weighted by atomic mass is 10.2. The van der Waals surface area contributed by atoms with Crippen molar-refractivity contribution in [3.05, 3.63) is 47.7 Å². The highest BCUT2D eigenvalue weighted by molar-refractivity contribution is 5.92. The predicted molar refractivity (Wildman–Crippen MR) is 99.8 cm³/mol.